The number of hydrogen-bond acceptors (Lipinski definition) is 7. The van der Waals surface area contributed by atoms with Crippen molar-refractivity contribution in [2.45, 2.75) is 33.0 Å². The molecule has 0 radical (unpaired) electrons. The standard InChI is InChI=1S/C18H20FN3O4S/c1-9-7-22(8-10(2)26-9)16-11(3)14(19)12(6-13(16)18(23)24)15(21-25)17-20-4-5-27-17/h4-6,9-10,25H,7-8H2,1-3H3,(H,23,24)/t9-,10+. The molecule has 0 aliphatic carbocycles. The third-order valence-corrected chi connectivity index (χ3v) is 5.20. The van der Waals surface area contributed by atoms with Crippen LogP contribution in [-0.4, -0.2) is 52.3 Å². The Morgan fingerprint density at radius 3 is 2.56 bits per heavy atom. The van der Waals surface area contributed by atoms with Crippen LogP contribution in [0.3, 0.4) is 0 Å². The van der Waals surface area contributed by atoms with Gasteiger partial charge in [-0.2, -0.15) is 0 Å². The number of anilines is 1. The maximum absolute atomic E-state index is 15.2. The van der Waals surface area contributed by atoms with Crippen LogP contribution in [0.25, 0.3) is 0 Å². The first kappa shape index (κ1) is 19.2. The number of carboxylic acid groups (broad SMARTS) is 1. The van der Waals surface area contributed by atoms with Gasteiger partial charge in [0.25, 0.3) is 0 Å². The van der Waals surface area contributed by atoms with Gasteiger partial charge in [0.05, 0.1) is 23.5 Å². The van der Waals surface area contributed by atoms with Crippen LogP contribution in [0.2, 0.25) is 0 Å². The van der Waals surface area contributed by atoms with Gasteiger partial charge in [-0.3, -0.25) is 0 Å². The predicted molar refractivity (Wildman–Crippen MR) is 99.9 cm³/mol. The zero-order valence-corrected chi connectivity index (χ0v) is 16.0. The van der Waals surface area contributed by atoms with E-state index in [0.29, 0.717) is 23.8 Å². The Morgan fingerprint density at radius 2 is 2.04 bits per heavy atom. The molecule has 144 valence electrons. The van der Waals surface area contributed by atoms with Crippen molar-refractivity contribution in [2.75, 3.05) is 18.0 Å². The largest absolute Gasteiger partial charge is 0.478 e. The van der Waals surface area contributed by atoms with Crippen LogP contribution in [0.1, 0.15) is 40.3 Å². The molecule has 1 aromatic heterocycles. The van der Waals surface area contributed by atoms with Crippen molar-refractivity contribution in [1.29, 1.82) is 0 Å². The topological polar surface area (TPSA) is 95.2 Å². The van der Waals surface area contributed by atoms with Crippen LogP contribution in [-0.2, 0) is 4.74 Å². The van der Waals surface area contributed by atoms with Crippen LogP contribution in [0, 0.1) is 12.7 Å². The van der Waals surface area contributed by atoms with E-state index in [9.17, 15) is 15.1 Å². The minimum Gasteiger partial charge on any atom is -0.478 e. The van der Waals surface area contributed by atoms with E-state index >= 15 is 4.39 Å². The Bertz CT molecular complexity index is 875. The van der Waals surface area contributed by atoms with E-state index in [1.807, 2.05) is 18.7 Å². The van der Waals surface area contributed by atoms with Crippen molar-refractivity contribution in [3.63, 3.8) is 0 Å². The Hall–Kier alpha value is -2.52. The quantitative estimate of drug-likeness (QED) is 0.471. The summed E-state index contributed by atoms with van der Waals surface area (Å²) in [7, 11) is 0. The molecular weight excluding hydrogens is 373 g/mol. The van der Waals surface area contributed by atoms with Gasteiger partial charge in [-0.05, 0) is 26.8 Å². The molecule has 9 heteroatoms. The van der Waals surface area contributed by atoms with Crippen molar-refractivity contribution in [3.8, 4) is 0 Å². The molecular formula is C18H20FN3O4S. The van der Waals surface area contributed by atoms with E-state index < -0.39 is 11.8 Å². The van der Waals surface area contributed by atoms with Gasteiger partial charge in [0, 0.05) is 35.8 Å². The van der Waals surface area contributed by atoms with Crippen molar-refractivity contribution in [1.82, 2.24) is 4.98 Å². The van der Waals surface area contributed by atoms with Crippen molar-refractivity contribution >= 4 is 28.7 Å². The number of rotatable bonds is 4. The second-order valence-corrected chi connectivity index (χ2v) is 7.41. The van der Waals surface area contributed by atoms with Crippen molar-refractivity contribution < 1.29 is 24.2 Å². The van der Waals surface area contributed by atoms with E-state index in [0.717, 1.165) is 0 Å². The average Bonchev–Trinajstić information content (AvgIpc) is 3.12. The highest BCUT2D eigenvalue weighted by Gasteiger charge is 2.30. The van der Waals surface area contributed by atoms with E-state index in [4.69, 9.17) is 4.74 Å². The maximum atomic E-state index is 15.2. The number of thiazole rings is 1. The smallest absolute Gasteiger partial charge is 0.337 e. The van der Waals surface area contributed by atoms with E-state index in [2.05, 4.69) is 10.1 Å². The fourth-order valence-electron chi connectivity index (χ4n) is 3.44. The molecule has 1 fully saturated rings. The first-order valence-electron chi connectivity index (χ1n) is 8.42. The predicted octanol–water partition coefficient (Wildman–Crippen LogP) is 3.13. The molecule has 1 aromatic carbocycles. The van der Waals surface area contributed by atoms with Gasteiger partial charge in [0.1, 0.15) is 16.5 Å². The molecule has 0 bridgehead atoms. The second-order valence-electron chi connectivity index (χ2n) is 6.51. The van der Waals surface area contributed by atoms with Crippen LogP contribution < -0.4 is 4.90 Å². The lowest BCUT2D eigenvalue weighted by molar-refractivity contribution is -0.00537. The van der Waals surface area contributed by atoms with Gasteiger partial charge in [-0.25, -0.2) is 14.2 Å². The fourth-order valence-corrected chi connectivity index (χ4v) is 4.07. The number of halogens is 1. The summed E-state index contributed by atoms with van der Waals surface area (Å²) < 4.78 is 20.9. The van der Waals surface area contributed by atoms with Gasteiger partial charge in [0.15, 0.2) is 0 Å². The zero-order chi connectivity index (χ0) is 19.7. The fraction of sp³-hybridized carbons (Fsp3) is 0.389. The summed E-state index contributed by atoms with van der Waals surface area (Å²) in [6.45, 7) is 6.22. The molecule has 0 spiro atoms. The molecule has 3 rings (SSSR count). The Morgan fingerprint density at radius 1 is 1.37 bits per heavy atom. The molecule has 2 atom stereocenters. The molecule has 2 aromatic rings. The van der Waals surface area contributed by atoms with Crippen LogP contribution in [0.4, 0.5) is 10.1 Å². The Balaban J connectivity index is 2.17. The summed E-state index contributed by atoms with van der Waals surface area (Å²) >= 11 is 1.17. The number of carbonyl (C=O) groups is 1. The molecule has 1 aliphatic rings. The first-order valence-corrected chi connectivity index (χ1v) is 9.30. The summed E-state index contributed by atoms with van der Waals surface area (Å²) in [4.78, 5) is 17.8. The van der Waals surface area contributed by atoms with Crippen LogP contribution in [0.15, 0.2) is 22.8 Å². The Labute approximate surface area is 159 Å². The number of nitrogens with zero attached hydrogens (tertiary/aromatic N) is 3. The molecule has 1 saturated heterocycles. The number of carboxylic acids is 1. The highest BCUT2D eigenvalue weighted by Crippen LogP contribution is 2.33. The highest BCUT2D eigenvalue weighted by molar-refractivity contribution is 7.11. The minimum absolute atomic E-state index is 0.0529. The monoisotopic (exact) mass is 393 g/mol. The normalized spacial score (nSPS) is 20.7. The number of oxime groups is 1. The molecule has 1 aliphatic heterocycles. The number of benzene rings is 1. The molecule has 0 unspecified atom stereocenters. The summed E-state index contributed by atoms with van der Waals surface area (Å²) in [5.41, 5.74) is 0.262. The van der Waals surface area contributed by atoms with Gasteiger partial charge in [-0.1, -0.05) is 5.16 Å². The van der Waals surface area contributed by atoms with Gasteiger partial charge in [-0.15, -0.1) is 11.3 Å². The minimum atomic E-state index is -1.18. The number of hydrogen-bond donors (Lipinski definition) is 2. The third-order valence-electron chi connectivity index (χ3n) is 4.42. The zero-order valence-electron chi connectivity index (χ0n) is 15.1. The van der Waals surface area contributed by atoms with Gasteiger partial charge < -0.3 is 20.0 Å². The lowest BCUT2D eigenvalue weighted by Gasteiger charge is -2.38. The highest BCUT2D eigenvalue weighted by atomic mass is 32.1. The molecule has 0 amide bonds. The third kappa shape index (κ3) is 3.65. The average molecular weight is 393 g/mol. The number of ether oxygens (including phenoxy) is 1. The molecule has 2 heterocycles. The summed E-state index contributed by atoms with van der Waals surface area (Å²) in [6, 6.07) is 1.21. The van der Waals surface area contributed by atoms with Crippen molar-refractivity contribution in [3.05, 3.63) is 45.2 Å². The lowest BCUT2D eigenvalue weighted by Crippen LogP contribution is -2.46. The number of morpholine rings is 1. The van der Waals surface area contributed by atoms with Crippen molar-refractivity contribution in [2.24, 2.45) is 5.16 Å². The van der Waals surface area contributed by atoms with Crippen LogP contribution >= 0.6 is 11.3 Å². The van der Waals surface area contributed by atoms with Gasteiger partial charge in [0.2, 0.25) is 0 Å². The summed E-state index contributed by atoms with van der Waals surface area (Å²) in [5.74, 6) is -1.82. The maximum Gasteiger partial charge on any atom is 0.337 e. The molecule has 0 saturated carbocycles. The van der Waals surface area contributed by atoms with Crippen LogP contribution in [0.5, 0.6) is 0 Å². The molecule has 27 heavy (non-hydrogen) atoms. The first-order chi connectivity index (χ1) is 12.8. The van der Waals surface area contributed by atoms with E-state index in [-0.39, 0.29) is 34.6 Å². The van der Waals surface area contributed by atoms with Gasteiger partial charge >= 0.3 is 5.97 Å². The Kier molecular flexibility index (Phi) is 5.43. The summed E-state index contributed by atoms with van der Waals surface area (Å²) in [6.07, 6.45) is 1.28. The number of aromatic nitrogens is 1. The second kappa shape index (κ2) is 7.61. The van der Waals surface area contributed by atoms with E-state index in [1.165, 1.54) is 30.5 Å². The SMILES string of the molecule is Cc1c(F)c(C(=NO)c2nccs2)cc(C(=O)O)c1N1C[C@@H](C)O[C@@H](C)C1. The lowest BCUT2D eigenvalue weighted by atomic mass is 9.97. The summed E-state index contributed by atoms with van der Waals surface area (Å²) in [5, 5.41) is 24.3. The molecule has 2 N–H and O–H groups in total. The number of aromatic carboxylic acids is 1. The van der Waals surface area contributed by atoms with E-state index in [1.54, 1.807) is 5.38 Å². The molecule has 7 nitrogen and oxygen atoms in total.